The van der Waals surface area contributed by atoms with Gasteiger partial charge in [-0.2, -0.15) is 0 Å². The van der Waals surface area contributed by atoms with Crippen LogP contribution in [0.1, 0.15) is 70.6 Å². The molecular weight excluding hydrogens is 308 g/mol. The number of sulfone groups is 1. The van der Waals surface area contributed by atoms with Crippen LogP contribution in [0.25, 0.3) is 0 Å². The second kappa shape index (κ2) is 7.83. The molecule has 1 heterocycles. The monoisotopic (exact) mass is 342 g/mol. The SMILES string of the molecule is CS(=O)(=O)[C@@H]1CCCC[C@H]1N[C@@H]1CCCN(C2CCCCC2)C1. The molecule has 0 aromatic carbocycles. The van der Waals surface area contributed by atoms with Crippen molar-refractivity contribution in [3.8, 4) is 0 Å². The third kappa shape index (κ3) is 4.70. The molecule has 2 saturated carbocycles. The first-order chi connectivity index (χ1) is 11.0. The fourth-order valence-corrected chi connectivity index (χ4v) is 6.43. The summed E-state index contributed by atoms with van der Waals surface area (Å²) in [5.41, 5.74) is 0. The Morgan fingerprint density at radius 2 is 1.57 bits per heavy atom. The molecule has 0 aromatic rings. The molecule has 0 amide bonds. The van der Waals surface area contributed by atoms with Gasteiger partial charge in [-0.3, -0.25) is 4.90 Å². The van der Waals surface area contributed by atoms with E-state index in [4.69, 9.17) is 0 Å². The fourth-order valence-electron chi connectivity index (χ4n) is 5.02. The van der Waals surface area contributed by atoms with Gasteiger partial charge >= 0.3 is 0 Å². The summed E-state index contributed by atoms with van der Waals surface area (Å²) >= 11 is 0. The summed E-state index contributed by atoms with van der Waals surface area (Å²) in [5, 5.41) is 3.60. The molecule has 1 saturated heterocycles. The van der Waals surface area contributed by atoms with E-state index in [2.05, 4.69) is 10.2 Å². The van der Waals surface area contributed by atoms with Crippen LogP contribution in [0.15, 0.2) is 0 Å². The second-order valence-electron chi connectivity index (χ2n) is 8.05. The van der Waals surface area contributed by atoms with Crippen LogP contribution in [-0.4, -0.2) is 56.0 Å². The summed E-state index contributed by atoms with van der Waals surface area (Å²) < 4.78 is 24.2. The van der Waals surface area contributed by atoms with Crippen LogP contribution in [-0.2, 0) is 9.84 Å². The molecule has 3 rings (SSSR count). The molecule has 0 bridgehead atoms. The van der Waals surface area contributed by atoms with E-state index in [1.54, 1.807) is 0 Å². The van der Waals surface area contributed by atoms with Crippen molar-refractivity contribution in [3.05, 3.63) is 0 Å². The Morgan fingerprint density at radius 1 is 0.870 bits per heavy atom. The zero-order valence-electron chi connectivity index (χ0n) is 14.7. The topological polar surface area (TPSA) is 49.4 Å². The van der Waals surface area contributed by atoms with Crippen LogP contribution >= 0.6 is 0 Å². The van der Waals surface area contributed by atoms with E-state index in [1.807, 2.05) is 0 Å². The summed E-state index contributed by atoms with van der Waals surface area (Å²) in [6.45, 7) is 2.36. The minimum Gasteiger partial charge on any atom is -0.309 e. The van der Waals surface area contributed by atoms with Gasteiger partial charge in [-0.1, -0.05) is 32.1 Å². The Morgan fingerprint density at radius 3 is 2.30 bits per heavy atom. The Balaban J connectivity index is 1.57. The van der Waals surface area contributed by atoms with E-state index in [9.17, 15) is 8.42 Å². The zero-order valence-corrected chi connectivity index (χ0v) is 15.5. The van der Waals surface area contributed by atoms with E-state index in [0.717, 1.165) is 31.8 Å². The van der Waals surface area contributed by atoms with Gasteiger partial charge in [-0.25, -0.2) is 8.42 Å². The number of rotatable bonds is 4. The molecule has 1 aliphatic heterocycles. The number of hydrogen-bond acceptors (Lipinski definition) is 4. The van der Waals surface area contributed by atoms with Gasteiger partial charge in [0.2, 0.25) is 0 Å². The first-order valence-corrected chi connectivity index (χ1v) is 11.7. The van der Waals surface area contributed by atoms with Crippen LogP contribution < -0.4 is 5.32 Å². The summed E-state index contributed by atoms with van der Waals surface area (Å²) in [4.78, 5) is 2.69. The second-order valence-corrected chi connectivity index (χ2v) is 10.3. The van der Waals surface area contributed by atoms with Crippen molar-refractivity contribution in [3.63, 3.8) is 0 Å². The molecule has 0 radical (unpaired) electrons. The van der Waals surface area contributed by atoms with E-state index in [0.29, 0.717) is 6.04 Å². The number of nitrogens with one attached hydrogen (secondary N) is 1. The number of piperidine rings is 1. The third-order valence-electron chi connectivity index (χ3n) is 6.25. The van der Waals surface area contributed by atoms with Crippen LogP contribution in [0.2, 0.25) is 0 Å². The predicted molar refractivity (Wildman–Crippen MR) is 95.5 cm³/mol. The number of nitrogens with zero attached hydrogens (tertiary/aromatic N) is 1. The molecule has 3 aliphatic rings. The molecule has 4 nitrogen and oxygen atoms in total. The third-order valence-corrected chi connectivity index (χ3v) is 7.91. The molecule has 3 fully saturated rings. The van der Waals surface area contributed by atoms with Gasteiger partial charge in [0, 0.05) is 30.9 Å². The van der Waals surface area contributed by atoms with Crippen LogP contribution in [0.4, 0.5) is 0 Å². The maximum absolute atomic E-state index is 12.1. The molecule has 1 N–H and O–H groups in total. The molecule has 2 aliphatic carbocycles. The molecule has 0 spiro atoms. The Kier molecular flexibility index (Phi) is 6.02. The lowest BCUT2D eigenvalue weighted by Gasteiger charge is -2.42. The summed E-state index contributed by atoms with van der Waals surface area (Å²) in [6.07, 6.45) is 14.9. The van der Waals surface area contributed by atoms with Crippen molar-refractivity contribution in [1.29, 1.82) is 0 Å². The molecule has 0 unspecified atom stereocenters. The van der Waals surface area contributed by atoms with E-state index < -0.39 is 9.84 Å². The quantitative estimate of drug-likeness (QED) is 0.853. The van der Waals surface area contributed by atoms with Gasteiger partial charge in [-0.05, 0) is 45.1 Å². The summed E-state index contributed by atoms with van der Waals surface area (Å²) in [5.74, 6) is 0. The van der Waals surface area contributed by atoms with Gasteiger partial charge in [0.25, 0.3) is 0 Å². The average Bonchev–Trinajstić information content (AvgIpc) is 2.55. The van der Waals surface area contributed by atoms with E-state index >= 15 is 0 Å². The summed E-state index contributed by atoms with van der Waals surface area (Å²) in [6, 6.07) is 1.44. The highest BCUT2D eigenvalue weighted by Gasteiger charge is 2.35. The molecular formula is C18H34N2O2S. The first kappa shape index (κ1) is 17.7. The van der Waals surface area contributed by atoms with Crippen molar-refractivity contribution in [2.75, 3.05) is 19.3 Å². The molecule has 134 valence electrons. The summed E-state index contributed by atoms with van der Waals surface area (Å²) in [7, 11) is -2.94. The van der Waals surface area contributed by atoms with Gasteiger partial charge in [0.1, 0.15) is 0 Å². The van der Waals surface area contributed by atoms with E-state index in [1.165, 1.54) is 64.2 Å². The molecule has 5 heteroatoms. The predicted octanol–water partition coefficient (Wildman–Crippen LogP) is 2.73. The molecule has 23 heavy (non-hydrogen) atoms. The average molecular weight is 343 g/mol. The zero-order chi connectivity index (χ0) is 16.3. The van der Waals surface area contributed by atoms with Gasteiger partial charge in [0.15, 0.2) is 9.84 Å². The fraction of sp³-hybridized carbons (Fsp3) is 1.00. The van der Waals surface area contributed by atoms with Crippen molar-refractivity contribution in [1.82, 2.24) is 10.2 Å². The smallest absolute Gasteiger partial charge is 0.151 e. The lowest BCUT2D eigenvalue weighted by molar-refractivity contribution is 0.104. The number of likely N-dealkylation sites (tertiary alicyclic amines) is 1. The molecule has 3 atom stereocenters. The lowest BCUT2D eigenvalue weighted by Crippen LogP contribution is -2.56. The largest absolute Gasteiger partial charge is 0.309 e. The van der Waals surface area contributed by atoms with E-state index in [-0.39, 0.29) is 11.3 Å². The Bertz CT molecular complexity index is 473. The lowest BCUT2D eigenvalue weighted by atomic mass is 9.90. The standard InChI is InChI=1S/C18H34N2O2S/c1-23(21,22)18-12-6-5-11-17(18)19-15-8-7-13-20(14-15)16-9-3-2-4-10-16/h15-19H,2-14H2,1H3/t15-,17-,18-/m1/s1. The van der Waals surface area contributed by atoms with Crippen molar-refractivity contribution >= 4 is 9.84 Å². The number of hydrogen-bond donors (Lipinski definition) is 1. The minimum atomic E-state index is -2.94. The molecule has 0 aromatic heterocycles. The maximum Gasteiger partial charge on any atom is 0.151 e. The maximum atomic E-state index is 12.1. The highest BCUT2D eigenvalue weighted by Crippen LogP contribution is 2.28. The first-order valence-electron chi connectivity index (χ1n) is 9.73. The Labute approximate surface area is 142 Å². The van der Waals surface area contributed by atoms with Crippen molar-refractivity contribution < 1.29 is 8.42 Å². The highest BCUT2D eigenvalue weighted by atomic mass is 32.2. The van der Waals surface area contributed by atoms with Crippen molar-refractivity contribution in [2.24, 2.45) is 0 Å². The van der Waals surface area contributed by atoms with Gasteiger partial charge < -0.3 is 5.32 Å². The van der Waals surface area contributed by atoms with Crippen LogP contribution in [0.3, 0.4) is 0 Å². The normalized spacial score (nSPS) is 35.3. The van der Waals surface area contributed by atoms with Crippen LogP contribution in [0.5, 0.6) is 0 Å². The minimum absolute atomic E-state index is 0.165. The Hall–Kier alpha value is -0.130. The van der Waals surface area contributed by atoms with Gasteiger partial charge in [-0.15, -0.1) is 0 Å². The highest BCUT2D eigenvalue weighted by molar-refractivity contribution is 7.91. The van der Waals surface area contributed by atoms with Crippen molar-refractivity contribution in [2.45, 2.75) is 94.0 Å². The van der Waals surface area contributed by atoms with Gasteiger partial charge in [0.05, 0.1) is 5.25 Å². The van der Waals surface area contributed by atoms with Crippen LogP contribution in [0, 0.1) is 0 Å².